The first kappa shape index (κ1) is 23.4. The summed E-state index contributed by atoms with van der Waals surface area (Å²) in [4.78, 5) is 46.9. The first-order chi connectivity index (χ1) is 16.3. The Morgan fingerprint density at radius 2 is 1.06 bits per heavy atom. The fourth-order valence-corrected chi connectivity index (χ4v) is 3.92. The molecule has 0 bridgehead atoms. The van der Waals surface area contributed by atoms with Gasteiger partial charge in [0.2, 0.25) is 0 Å². The van der Waals surface area contributed by atoms with Gasteiger partial charge in [0.1, 0.15) is 11.5 Å². The number of rotatable bonds is 6. The van der Waals surface area contributed by atoms with Crippen LogP contribution >= 0.6 is 0 Å². The second-order valence-electron chi connectivity index (χ2n) is 8.51. The van der Waals surface area contributed by atoms with E-state index in [2.05, 4.69) is 10.6 Å². The van der Waals surface area contributed by atoms with Crippen molar-refractivity contribution in [1.29, 1.82) is 0 Å². The highest BCUT2D eigenvalue weighted by molar-refractivity contribution is 6.20. The molecule has 0 spiro atoms. The number of fused-ring (bicyclic) bond motifs is 2. The molecule has 11 heteroatoms. The van der Waals surface area contributed by atoms with E-state index < -0.39 is 35.0 Å². The molecule has 0 amide bonds. The number of nitrogens with one attached hydrogen (secondary N) is 2. The second kappa shape index (κ2) is 7.90. The molecule has 180 valence electrons. The molecular weight excluding hydrogens is 460 g/mol. The lowest BCUT2D eigenvalue weighted by molar-refractivity contribution is -0.141. The van der Waals surface area contributed by atoms with E-state index in [-0.39, 0.29) is 33.8 Å². The van der Waals surface area contributed by atoms with E-state index in [1.54, 1.807) is 0 Å². The Bertz CT molecular complexity index is 1270. The molecule has 6 N–H and O–H groups in total. The Morgan fingerprint density at radius 1 is 0.686 bits per heavy atom. The fourth-order valence-electron chi connectivity index (χ4n) is 3.92. The molecule has 2 atom stereocenters. The minimum Gasteiger partial charge on any atom is -0.479 e. The lowest BCUT2D eigenvalue weighted by atomic mass is 9.89. The van der Waals surface area contributed by atoms with Gasteiger partial charge in [0.25, 0.3) is 0 Å². The number of hydrogen-bond donors (Lipinski definition) is 6. The maximum atomic E-state index is 11.8. The SMILES string of the molecule is CC1(C(=O)O)C=C(C(=O)O)c2cc(Oc3ccc4c(c3)C(C(=O)O)=CC(C)(C(=O)O)N4)ccc2N1. The number of carbonyl (C=O) groups is 4. The quantitative estimate of drug-likeness (QED) is 0.357. The molecule has 0 aromatic heterocycles. The van der Waals surface area contributed by atoms with E-state index in [0.717, 1.165) is 12.2 Å². The maximum Gasteiger partial charge on any atom is 0.336 e. The van der Waals surface area contributed by atoms with Gasteiger partial charge in [-0.1, -0.05) is 0 Å². The monoisotopic (exact) mass is 480 g/mol. The van der Waals surface area contributed by atoms with Crippen LogP contribution in [0, 0.1) is 0 Å². The average molecular weight is 480 g/mol. The third-order valence-corrected chi connectivity index (χ3v) is 5.80. The van der Waals surface area contributed by atoms with Crippen LogP contribution in [0.1, 0.15) is 25.0 Å². The standard InChI is InChI=1S/C24H20N2O9/c1-23(21(31)32)9-15(19(27)28)13-7-11(3-5-17(13)25-23)35-12-4-6-18-14(8-12)16(20(29)30)10-24(2,26-18)22(33)34/h3-10,25-26H,1-2H3,(H,27,28)(H,29,30)(H,31,32)(H,33,34). The summed E-state index contributed by atoms with van der Waals surface area (Å²) in [6.45, 7) is 2.69. The Balaban J connectivity index is 1.71. The van der Waals surface area contributed by atoms with Crippen LogP contribution in [0.5, 0.6) is 11.5 Å². The summed E-state index contributed by atoms with van der Waals surface area (Å²) >= 11 is 0. The highest BCUT2D eigenvalue weighted by Gasteiger charge is 2.39. The molecule has 0 radical (unpaired) electrons. The zero-order chi connectivity index (χ0) is 25.7. The summed E-state index contributed by atoms with van der Waals surface area (Å²) in [5.74, 6) is -4.67. The van der Waals surface area contributed by atoms with Crippen molar-refractivity contribution in [2.24, 2.45) is 0 Å². The van der Waals surface area contributed by atoms with Crippen LogP contribution < -0.4 is 15.4 Å². The van der Waals surface area contributed by atoms with Crippen LogP contribution in [-0.4, -0.2) is 55.4 Å². The summed E-state index contributed by atoms with van der Waals surface area (Å²) < 4.78 is 5.84. The Hall–Kier alpha value is -4.80. The van der Waals surface area contributed by atoms with Gasteiger partial charge >= 0.3 is 23.9 Å². The first-order valence-corrected chi connectivity index (χ1v) is 10.2. The van der Waals surface area contributed by atoms with Gasteiger partial charge in [-0.05, 0) is 62.4 Å². The fraction of sp³-hybridized carbons (Fsp3) is 0.167. The van der Waals surface area contributed by atoms with Crippen LogP contribution in [0.15, 0.2) is 48.6 Å². The van der Waals surface area contributed by atoms with Crippen molar-refractivity contribution in [2.45, 2.75) is 24.9 Å². The largest absolute Gasteiger partial charge is 0.479 e. The summed E-state index contributed by atoms with van der Waals surface area (Å²) in [6, 6.07) is 8.84. The molecule has 11 nitrogen and oxygen atoms in total. The molecular formula is C24H20N2O9. The van der Waals surface area contributed by atoms with E-state index in [4.69, 9.17) is 4.74 Å². The zero-order valence-electron chi connectivity index (χ0n) is 18.4. The summed E-state index contributed by atoms with van der Waals surface area (Å²) in [7, 11) is 0. The van der Waals surface area contributed by atoms with Gasteiger partial charge in [-0.25, -0.2) is 19.2 Å². The van der Waals surface area contributed by atoms with Crippen molar-refractivity contribution in [3.8, 4) is 11.5 Å². The van der Waals surface area contributed by atoms with Crippen molar-refractivity contribution in [3.05, 3.63) is 59.7 Å². The lowest BCUT2D eigenvalue weighted by Gasteiger charge is -2.31. The van der Waals surface area contributed by atoms with Crippen LogP contribution in [0.2, 0.25) is 0 Å². The lowest BCUT2D eigenvalue weighted by Crippen LogP contribution is -2.44. The molecule has 0 saturated heterocycles. The zero-order valence-corrected chi connectivity index (χ0v) is 18.4. The molecule has 35 heavy (non-hydrogen) atoms. The third kappa shape index (κ3) is 4.03. The maximum absolute atomic E-state index is 11.8. The Kier molecular flexibility index (Phi) is 5.28. The molecule has 0 fully saturated rings. The normalized spacial score (nSPS) is 22.2. The number of carboxylic acid groups (broad SMARTS) is 4. The van der Waals surface area contributed by atoms with E-state index >= 15 is 0 Å². The average Bonchev–Trinajstić information content (AvgIpc) is 2.78. The van der Waals surface area contributed by atoms with Gasteiger partial charge in [0.15, 0.2) is 11.1 Å². The first-order valence-electron chi connectivity index (χ1n) is 10.2. The summed E-state index contributed by atoms with van der Waals surface area (Å²) in [5, 5.41) is 43.8. The Labute approximate surface area is 198 Å². The topological polar surface area (TPSA) is 182 Å². The molecule has 2 aromatic carbocycles. The molecule has 4 rings (SSSR count). The molecule has 2 unspecified atom stereocenters. The van der Waals surface area contributed by atoms with E-state index in [0.29, 0.717) is 11.4 Å². The smallest absolute Gasteiger partial charge is 0.336 e. The van der Waals surface area contributed by atoms with Crippen LogP contribution in [0.25, 0.3) is 11.1 Å². The molecule has 2 heterocycles. The third-order valence-electron chi connectivity index (χ3n) is 5.80. The number of hydrogen-bond acceptors (Lipinski definition) is 7. The van der Waals surface area contributed by atoms with Crippen molar-refractivity contribution in [2.75, 3.05) is 10.6 Å². The van der Waals surface area contributed by atoms with E-state index in [1.807, 2.05) is 0 Å². The van der Waals surface area contributed by atoms with Crippen LogP contribution in [0.3, 0.4) is 0 Å². The number of ether oxygens (including phenoxy) is 1. The molecule has 2 aliphatic heterocycles. The summed E-state index contributed by atoms with van der Waals surface area (Å²) in [5.41, 5.74) is -2.63. The van der Waals surface area contributed by atoms with Gasteiger partial charge in [0.05, 0.1) is 11.1 Å². The van der Waals surface area contributed by atoms with Gasteiger partial charge < -0.3 is 35.8 Å². The van der Waals surface area contributed by atoms with E-state index in [1.165, 1.54) is 50.2 Å². The van der Waals surface area contributed by atoms with Gasteiger partial charge in [-0.15, -0.1) is 0 Å². The number of aliphatic carboxylic acids is 4. The second-order valence-corrected chi connectivity index (χ2v) is 8.51. The van der Waals surface area contributed by atoms with Crippen LogP contribution in [0.4, 0.5) is 11.4 Å². The van der Waals surface area contributed by atoms with Gasteiger partial charge in [0, 0.05) is 22.5 Å². The van der Waals surface area contributed by atoms with Crippen LogP contribution in [-0.2, 0) is 19.2 Å². The number of anilines is 2. The van der Waals surface area contributed by atoms with E-state index in [9.17, 15) is 39.6 Å². The number of benzene rings is 2. The van der Waals surface area contributed by atoms with Crippen molar-refractivity contribution in [1.82, 2.24) is 0 Å². The molecule has 0 aliphatic carbocycles. The van der Waals surface area contributed by atoms with Gasteiger partial charge in [-0.2, -0.15) is 0 Å². The highest BCUT2D eigenvalue weighted by Crippen LogP contribution is 2.40. The minimum absolute atomic E-state index is 0.215. The minimum atomic E-state index is -1.61. The van der Waals surface area contributed by atoms with Gasteiger partial charge in [-0.3, -0.25) is 0 Å². The predicted octanol–water partition coefficient (Wildman–Crippen LogP) is 2.95. The molecule has 2 aromatic rings. The molecule has 0 saturated carbocycles. The molecule has 2 aliphatic rings. The summed E-state index contributed by atoms with van der Waals surface area (Å²) in [6.07, 6.45) is 2.22. The van der Waals surface area contributed by atoms with Crippen molar-refractivity contribution < 1.29 is 44.3 Å². The predicted molar refractivity (Wildman–Crippen MR) is 124 cm³/mol. The van der Waals surface area contributed by atoms with Crippen molar-refractivity contribution >= 4 is 46.4 Å². The van der Waals surface area contributed by atoms with Crippen molar-refractivity contribution in [3.63, 3.8) is 0 Å². The highest BCUT2D eigenvalue weighted by atomic mass is 16.5. The Morgan fingerprint density at radius 3 is 1.37 bits per heavy atom. The number of carboxylic acids is 4.